The lowest BCUT2D eigenvalue weighted by Crippen LogP contribution is -2.54. The van der Waals surface area contributed by atoms with Gasteiger partial charge in [0, 0.05) is 30.9 Å². The molecule has 1 aliphatic heterocycles. The highest BCUT2D eigenvalue weighted by Gasteiger charge is 2.37. The minimum absolute atomic E-state index is 0. The summed E-state index contributed by atoms with van der Waals surface area (Å²) in [5, 5.41) is 7.64. The van der Waals surface area contributed by atoms with Gasteiger partial charge in [0.25, 0.3) is 0 Å². The van der Waals surface area contributed by atoms with Crippen molar-refractivity contribution in [2.75, 3.05) is 21.7 Å². The van der Waals surface area contributed by atoms with Crippen LogP contribution in [0.2, 0.25) is 0 Å². The molecule has 9 heteroatoms. The van der Waals surface area contributed by atoms with Gasteiger partial charge in [-0.25, -0.2) is 9.37 Å². The molecule has 0 radical (unpaired) electrons. The van der Waals surface area contributed by atoms with Gasteiger partial charge < -0.3 is 15.1 Å². The topological polar surface area (TPSA) is 79.2 Å². The number of hydrogen-bond donors (Lipinski definition) is 1. The Kier molecular flexibility index (Phi) is 7.30. The van der Waals surface area contributed by atoms with Crippen molar-refractivity contribution in [2.24, 2.45) is 0 Å². The number of fused-ring (bicyclic) bond motifs is 1. The molecule has 0 spiro atoms. The lowest BCUT2D eigenvalue weighted by atomic mass is 10.1. The number of nitrogens with one attached hydrogen (secondary N) is 1. The van der Waals surface area contributed by atoms with Crippen molar-refractivity contribution in [2.45, 2.75) is 60.3 Å². The summed E-state index contributed by atoms with van der Waals surface area (Å²) in [6, 6.07) is 6.24. The molecule has 1 N–H and O–H groups in total. The van der Waals surface area contributed by atoms with Crippen molar-refractivity contribution in [3.63, 3.8) is 0 Å². The van der Waals surface area contributed by atoms with Crippen LogP contribution in [-0.2, 0) is 17.9 Å². The first-order valence-electron chi connectivity index (χ1n) is 10.8. The van der Waals surface area contributed by atoms with Gasteiger partial charge in [0.1, 0.15) is 17.5 Å². The van der Waals surface area contributed by atoms with Crippen LogP contribution >= 0.6 is 0 Å². The second-order valence-corrected chi connectivity index (χ2v) is 8.19. The fraction of sp³-hybridized carbons (Fsp3) is 0.417. The maximum atomic E-state index is 13.1. The third-order valence-corrected chi connectivity index (χ3v) is 5.59. The minimum atomic E-state index is -0.283. The molecule has 0 fully saturated rings. The number of anilines is 3. The molecule has 3 heterocycles. The van der Waals surface area contributed by atoms with Crippen LogP contribution in [0.4, 0.5) is 21.8 Å². The zero-order valence-corrected chi connectivity index (χ0v) is 18.8. The van der Waals surface area contributed by atoms with Gasteiger partial charge in [-0.2, -0.15) is 10.1 Å². The van der Waals surface area contributed by atoms with Crippen LogP contribution in [0.3, 0.4) is 0 Å². The van der Waals surface area contributed by atoms with Gasteiger partial charge in [-0.15, -0.1) is 0 Å². The van der Waals surface area contributed by atoms with Crippen molar-refractivity contribution in [1.82, 2.24) is 19.7 Å². The molecule has 4 rings (SSSR count). The van der Waals surface area contributed by atoms with Crippen molar-refractivity contribution in [1.29, 1.82) is 0 Å². The monoisotopic (exact) mass is 453 g/mol. The third-order valence-electron chi connectivity index (χ3n) is 5.59. The van der Waals surface area contributed by atoms with Crippen LogP contribution < -0.4 is 15.1 Å². The summed E-state index contributed by atoms with van der Waals surface area (Å²) in [6.45, 7) is 9.63. The smallest absolute Gasteiger partial charge is 0.249 e. The van der Waals surface area contributed by atoms with Crippen molar-refractivity contribution >= 4 is 23.4 Å². The number of nitrogens with zero attached hydrogens (tertiary/aromatic N) is 6. The van der Waals surface area contributed by atoms with E-state index in [1.54, 1.807) is 29.4 Å². The SMILES string of the molecule is C.CCN1C(=O)[C@H](C)N(C(C)C)c2nc(NCc3cnn(Cc4ccc(F)cc4)c3)ncc21. The molecule has 1 aromatic carbocycles. The Morgan fingerprint density at radius 1 is 1.15 bits per heavy atom. The molecule has 1 amide bonds. The standard InChI is InChI=1S/C23H28FN7O.CH4/c1-5-30-20-12-26-23(28-21(20)31(15(2)3)16(4)22(30)32)25-10-18-11-27-29(14-18)13-17-6-8-19(24)9-7-17;/h6-9,11-12,14-16H,5,10,13H2,1-4H3,(H,25,26,28);1H4/t16-;/m0./s1. The highest BCUT2D eigenvalue weighted by atomic mass is 19.1. The van der Waals surface area contributed by atoms with Crippen LogP contribution in [-0.4, -0.2) is 44.3 Å². The first-order valence-corrected chi connectivity index (χ1v) is 10.8. The maximum Gasteiger partial charge on any atom is 0.249 e. The summed E-state index contributed by atoms with van der Waals surface area (Å²) in [6.07, 6.45) is 5.44. The predicted molar refractivity (Wildman–Crippen MR) is 129 cm³/mol. The lowest BCUT2D eigenvalue weighted by Gasteiger charge is -2.42. The molecule has 0 saturated carbocycles. The Morgan fingerprint density at radius 3 is 2.55 bits per heavy atom. The normalized spacial score (nSPS) is 15.5. The van der Waals surface area contributed by atoms with Gasteiger partial charge in [0.15, 0.2) is 5.82 Å². The summed E-state index contributed by atoms with van der Waals surface area (Å²) in [5.74, 6) is 1.07. The van der Waals surface area contributed by atoms with E-state index in [1.165, 1.54) is 12.1 Å². The maximum absolute atomic E-state index is 13.1. The Labute approximate surface area is 194 Å². The van der Waals surface area contributed by atoms with Gasteiger partial charge in [-0.3, -0.25) is 9.48 Å². The number of carbonyl (C=O) groups excluding carboxylic acids is 1. The number of halogens is 1. The average Bonchev–Trinajstić information content (AvgIpc) is 3.22. The molecule has 0 aliphatic carbocycles. The van der Waals surface area contributed by atoms with Crippen molar-refractivity contribution in [3.05, 3.63) is 59.8 Å². The quantitative estimate of drug-likeness (QED) is 0.581. The van der Waals surface area contributed by atoms with Crippen molar-refractivity contribution in [3.8, 4) is 0 Å². The molecule has 3 aromatic rings. The fourth-order valence-corrected chi connectivity index (χ4v) is 4.04. The highest BCUT2D eigenvalue weighted by molar-refractivity contribution is 6.04. The Balaban J connectivity index is 0.00000306. The van der Waals surface area contributed by atoms with E-state index in [0.29, 0.717) is 25.6 Å². The molecule has 176 valence electrons. The molecule has 1 aliphatic rings. The van der Waals surface area contributed by atoms with E-state index in [-0.39, 0.29) is 31.2 Å². The number of hydrogen-bond acceptors (Lipinski definition) is 6. The van der Waals surface area contributed by atoms with Crippen LogP contribution in [0, 0.1) is 5.82 Å². The van der Waals surface area contributed by atoms with Gasteiger partial charge in [-0.1, -0.05) is 19.6 Å². The summed E-state index contributed by atoms with van der Waals surface area (Å²) in [5.41, 5.74) is 2.69. The highest BCUT2D eigenvalue weighted by Crippen LogP contribution is 2.35. The van der Waals surface area contributed by atoms with E-state index in [9.17, 15) is 9.18 Å². The molecule has 0 saturated heterocycles. The first kappa shape index (κ1) is 24.2. The minimum Gasteiger partial charge on any atom is -0.350 e. The van der Waals surface area contributed by atoms with E-state index in [0.717, 1.165) is 22.6 Å². The largest absolute Gasteiger partial charge is 0.350 e. The predicted octanol–water partition coefficient (Wildman–Crippen LogP) is 4.08. The average molecular weight is 454 g/mol. The number of carbonyl (C=O) groups is 1. The van der Waals surface area contributed by atoms with E-state index >= 15 is 0 Å². The van der Waals surface area contributed by atoms with Gasteiger partial charge in [-0.05, 0) is 45.4 Å². The zero-order chi connectivity index (χ0) is 22.8. The summed E-state index contributed by atoms with van der Waals surface area (Å²) < 4.78 is 14.9. The van der Waals surface area contributed by atoms with Crippen LogP contribution in [0.1, 0.15) is 46.2 Å². The fourth-order valence-electron chi connectivity index (χ4n) is 4.04. The third kappa shape index (κ3) is 4.97. The number of aromatic nitrogens is 4. The molecule has 1 atom stereocenters. The Hall–Kier alpha value is -3.49. The van der Waals surface area contributed by atoms with E-state index in [1.807, 2.05) is 29.6 Å². The zero-order valence-electron chi connectivity index (χ0n) is 18.8. The second kappa shape index (κ2) is 9.97. The van der Waals surface area contributed by atoms with Crippen LogP contribution in [0.5, 0.6) is 0 Å². The number of benzene rings is 1. The Bertz CT molecular complexity index is 1100. The molecule has 8 nitrogen and oxygen atoms in total. The summed E-state index contributed by atoms with van der Waals surface area (Å²) in [7, 11) is 0. The van der Waals surface area contributed by atoms with Crippen LogP contribution in [0.25, 0.3) is 0 Å². The second-order valence-electron chi connectivity index (χ2n) is 8.19. The molecule has 2 aromatic heterocycles. The van der Waals surface area contributed by atoms with Gasteiger partial charge in [0.2, 0.25) is 11.9 Å². The van der Waals surface area contributed by atoms with E-state index in [4.69, 9.17) is 4.98 Å². The molecular formula is C24H32FN7O. The first-order chi connectivity index (χ1) is 15.4. The summed E-state index contributed by atoms with van der Waals surface area (Å²) >= 11 is 0. The Morgan fingerprint density at radius 2 is 1.88 bits per heavy atom. The molecule has 0 unspecified atom stereocenters. The molecular weight excluding hydrogens is 421 g/mol. The molecule has 33 heavy (non-hydrogen) atoms. The molecule has 0 bridgehead atoms. The number of rotatable bonds is 7. The van der Waals surface area contributed by atoms with Crippen molar-refractivity contribution < 1.29 is 9.18 Å². The summed E-state index contributed by atoms with van der Waals surface area (Å²) in [4.78, 5) is 25.7. The van der Waals surface area contributed by atoms with Crippen LogP contribution in [0.15, 0.2) is 42.9 Å². The van der Waals surface area contributed by atoms with Gasteiger partial charge in [0.05, 0.1) is 18.9 Å². The number of amides is 1. The lowest BCUT2D eigenvalue weighted by molar-refractivity contribution is -0.119. The number of likely N-dealkylation sites (N-methyl/N-ethyl adjacent to an activating group) is 1. The van der Waals surface area contributed by atoms with Gasteiger partial charge >= 0.3 is 0 Å². The van der Waals surface area contributed by atoms with E-state index < -0.39 is 0 Å². The van der Waals surface area contributed by atoms with E-state index in [2.05, 4.69) is 29.2 Å².